The Morgan fingerprint density at radius 1 is 1.14 bits per heavy atom. The summed E-state index contributed by atoms with van der Waals surface area (Å²) >= 11 is 0. The zero-order chi connectivity index (χ0) is 16.2. The summed E-state index contributed by atoms with van der Waals surface area (Å²) < 4.78 is 15.9. The third-order valence-corrected chi connectivity index (χ3v) is 3.15. The minimum absolute atomic E-state index is 0.139. The standard InChI is InChI=1S/C16H25NO4/c1-11(17(5)15(18)21-16(2,3)4)12-8-9-13(19-6)14(10-12)20-7/h8-11H,1-7H3/t11-/m1/s1. The van der Waals surface area contributed by atoms with Gasteiger partial charge in [-0.05, 0) is 45.4 Å². The molecule has 0 aromatic heterocycles. The number of ether oxygens (including phenoxy) is 3. The van der Waals surface area contributed by atoms with Crippen LogP contribution < -0.4 is 9.47 Å². The fraction of sp³-hybridized carbons (Fsp3) is 0.562. The number of carbonyl (C=O) groups is 1. The van der Waals surface area contributed by atoms with Gasteiger partial charge in [0.15, 0.2) is 11.5 Å². The Labute approximate surface area is 126 Å². The van der Waals surface area contributed by atoms with Crippen LogP contribution in [0.3, 0.4) is 0 Å². The molecule has 0 bridgehead atoms. The van der Waals surface area contributed by atoms with Crippen molar-refractivity contribution in [2.24, 2.45) is 0 Å². The van der Waals surface area contributed by atoms with Gasteiger partial charge in [0.25, 0.3) is 0 Å². The number of amides is 1. The molecule has 5 heteroatoms. The van der Waals surface area contributed by atoms with Crippen molar-refractivity contribution >= 4 is 6.09 Å². The molecule has 0 saturated carbocycles. The van der Waals surface area contributed by atoms with E-state index >= 15 is 0 Å². The quantitative estimate of drug-likeness (QED) is 0.851. The van der Waals surface area contributed by atoms with Crippen molar-refractivity contribution < 1.29 is 19.0 Å². The molecule has 1 rings (SSSR count). The Balaban J connectivity index is 2.92. The average Bonchev–Trinajstić information content (AvgIpc) is 2.43. The fourth-order valence-corrected chi connectivity index (χ4v) is 1.83. The second kappa shape index (κ2) is 6.70. The maximum atomic E-state index is 12.1. The van der Waals surface area contributed by atoms with E-state index in [0.29, 0.717) is 11.5 Å². The highest BCUT2D eigenvalue weighted by Crippen LogP contribution is 2.31. The van der Waals surface area contributed by atoms with Gasteiger partial charge in [-0.3, -0.25) is 0 Å². The Bertz CT molecular complexity index is 494. The van der Waals surface area contributed by atoms with Gasteiger partial charge in [-0.25, -0.2) is 4.79 Å². The SMILES string of the molecule is COc1ccc([C@@H](C)N(C)C(=O)OC(C)(C)C)cc1OC. The van der Waals surface area contributed by atoms with Crippen LogP contribution in [-0.2, 0) is 4.74 Å². The summed E-state index contributed by atoms with van der Waals surface area (Å²) in [7, 11) is 4.90. The van der Waals surface area contributed by atoms with Gasteiger partial charge in [-0.1, -0.05) is 6.07 Å². The van der Waals surface area contributed by atoms with Crippen LogP contribution in [0.4, 0.5) is 4.79 Å². The third kappa shape index (κ3) is 4.55. The van der Waals surface area contributed by atoms with E-state index in [4.69, 9.17) is 14.2 Å². The second-order valence-electron chi connectivity index (χ2n) is 5.88. The van der Waals surface area contributed by atoms with E-state index in [9.17, 15) is 4.79 Å². The Morgan fingerprint density at radius 3 is 2.19 bits per heavy atom. The molecule has 118 valence electrons. The Kier molecular flexibility index (Phi) is 5.47. The first-order chi connectivity index (χ1) is 9.69. The topological polar surface area (TPSA) is 48.0 Å². The molecule has 1 atom stereocenters. The number of methoxy groups -OCH3 is 2. The molecule has 21 heavy (non-hydrogen) atoms. The fourth-order valence-electron chi connectivity index (χ4n) is 1.83. The lowest BCUT2D eigenvalue weighted by Crippen LogP contribution is -2.35. The van der Waals surface area contributed by atoms with Gasteiger partial charge in [0.1, 0.15) is 5.60 Å². The summed E-state index contributed by atoms with van der Waals surface area (Å²) in [5.74, 6) is 1.30. The molecular formula is C16H25NO4. The van der Waals surface area contributed by atoms with E-state index in [2.05, 4.69) is 0 Å². The molecule has 0 aliphatic rings. The zero-order valence-electron chi connectivity index (χ0n) is 13.9. The van der Waals surface area contributed by atoms with Crippen LogP contribution in [0.1, 0.15) is 39.3 Å². The van der Waals surface area contributed by atoms with Crippen molar-refractivity contribution in [2.45, 2.75) is 39.3 Å². The van der Waals surface area contributed by atoms with Crippen LogP contribution in [-0.4, -0.2) is 37.9 Å². The molecule has 0 radical (unpaired) electrons. The molecule has 0 spiro atoms. The molecule has 0 heterocycles. The average molecular weight is 295 g/mol. The van der Waals surface area contributed by atoms with Crippen molar-refractivity contribution in [2.75, 3.05) is 21.3 Å². The molecule has 0 aliphatic heterocycles. The Morgan fingerprint density at radius 2 is 1.71 bits per heavy atom. The van der Waals surface area contributed by atoms with E-state index in [1.807, 2.05) is 45.9 Å². The molecular weight excluding hydrogens is 270 g/mol. The molecule has 1 amide bonds. The van der Waals surface area contributed by atoms with E-state index < -0.39 is 5.60 Å². The molecule has 1 aromatic carbocycles. The lowest BCUT2D eigenvalue weighted by molar-refractivity contribution is 0.0233. The van der Waals surface area contributed by atoms with Crippen LogP contribution in [0.15, 0.2) is 18.2 Å². The van der Waals surface area contributed by atoms with Gasteiger partial charge in [0.2, 0.25) is 0 Å². The van der Waals surface area contributed by atoms with Crippen molar-refractivity contribution in [3.8, 4) is 11.5 Å². The summed E-state index contributed by atoms with van der Waals surface area (Å²) in [6.07, 6.45) is -0.357. The highest BCUT2D eigenvalue weighted by molar-refractivity contribution is 5.68. The van der Waals surface area contributed by atoms with E-state index in [0.717, 1.165) is 5.56 Å². The van der Waals surface area contributed by atoms with Crippen LogP contribution in [0.2, 0.25) is 0 Å². The zero-order valence-corrected chi connectivity index (χ0v) is 13.9. The van der Waals surface area contributed by atoms with E-state index in [1.165, 1.54) is 0 Å². The summed E-state index contributed by atoms with van der Waals surface area (Å²) in [5.41, 5.74) is 0.434. The van der Waals surface area contributed by atoms with Gasteiger partial charge < -0.3 is 19.1 Å². The lowest BCUT2D eigenvalue weighted by Gasteiger charge is -2.29. The van der Waals surface area contributed by atoms with Gasteiger partial charge in [-0.15, -0.1) is 0 Å². The van der Waals surface area contributed by atoms with Crippen molar-refractivity contribution in [3.63, 3.8) is 0 Å². The highest BCUT2D eigenvalue weighted by atomic mass is 16.6. The molecule has 5 nitrogen and oxygen atoms in total. The smallest absolute Gasteiger partial charge is 0.410 e. The van der Waals surface area contributed by atoms with Gasteiger partial charge in [0.05, 0.1) is 20.3 Å². The first kappa shape index (κ1) is 17.1. The first-order valence-corrected chi connectivity index (χ1v) is 6.87. The maximum absolute atomic E-state index is 12.1. The maximum Gasteiger partial charge on any atom is 0.410 e. The second-order valence-corrected chi connectivity index (χ2v) is 5.88. The number of rotatable bonds is 4. The number of hydrogen-bond acceptors (Lipinski definition) is 4. The molecule has 0 unspecified atom stereocenters. The van der Waals surface area contributed by atoms with E-state index in [-0.39, 0.29) is 12.1 Å². The van der Waals surface area contributed by atoms with Crippen molar-refractivity contribution in [1.29, 1.82) is 0 Å². The number of carbonyl (C=O) groups excluding carboxylic acids is 1. The Hall–Kier alpha value is -1.91. The predicted octanol–water partition coefficient (Wildman–Crippen LogP) is 3.63. The molecule has 0 fully saturated rings. The first-order valence-electron chi connectivity index (χ1n) is 6.87. The monoisotopic (exact) mass is 295 g/mol. The van der Waals surface area contributed by atoms with Crippen molar-refractivity contribution in [3.05, 3.63) is 23.8 Å². The normalized spacial score (nSPS) is 12.5. The summed E-state index contributed by atoms with van der Waals surface area (Å²) in [6, 6.07) is 5.46. The van der Waals surface area contributed by atoms with Crippen LogP contribution in [0, 0.1) is 0 Å². The lowest BCUT2D eigenvalue weighted by atomic mass is 10.1. The van der Waals surface area contributed by atoms with Gasteiger partial charge in [-0.2, -0.15) is 0 Å². The summed E-state index contributed by atoms with van der Waals surface area (Å²) in [4.78, 5) is 13.7. The van der Waals surface area contributed by atoms with Gasteiger partial charge in [0, 0.05) is 7.05 Å². The number of nitrogens with zero attached hydrogens (tertiary/aromatic N) is 1. The van der Waals surface area contributed by atoms with Crippen LogP contribution in [0.25, 0.3) is 0 Å². The summed E-state index contributed by atoms with van der Waals surface area (Å²) in [5, 5.41) is 0. The molecule has 0 saturated heterocycles. The van der Waals surface area contributed by atoms with Crippen LogP contribution in [0.5, 0.6) is 11.5 Å². The molecule has 1 aromatic rings. The molecule has 0 aliphatic carbocycles. The minimum Gasteiger partial charge on any atom is -0.493 e. The van der Waals surface area contributed by atoms with Crippen LogP contribution >= 0.6 is 0 Å². The number of benzene rings is 1. The number of hydrogen-bond donors (Lipinski definition) is 0. The molecule has 0 N–H and O–H groups in total. The highest BCUT2D eigenvalue weighted by Gasteiger charge is 2.24. The third-order valence-electron chi connectivity index (χ3n) is 3.15. The van der Waals surface area contributed by atoms with Crippen molar-refractivity contribution in [1.82, 2.24) is 4.90 Å². The van der Waals surface area contributed by atoms with Gasteiger partial charge >= 0.3 is 6.09 Å². The summed E-state index contributed by atoms with van der Waals surface area (Å²) in [6.45, 7) is 7.48. The van der Waals surface area contributed by atoms with E-state index in [1.54, 1.807) is 26.2 Å². The predicted molar refractivity (Wildman–Crippen MR) is 82.0 cm³/mol. The largest absolute Gasteiger partial charge is 0.493 e. The minimum atomic E-state index is -0.511.